The summed E-state index contributed by atoms with van der Waals surface area (Å²) in [6.07, 6.45) is 2.80. The van der Waals surface area contributed by atoms with E-state index in [9.17, 15) is 4.79 Å². The molecule has 0 radical (unpaired) electrons. The zero-order valence-corrected chi connectivity index (χ0v) is 15.8. The average molecular weight is 363 g/mol. The molecule has 1 aliphatic heterocycles. The van der Waals surface area contributed by atoms with Gasteiger partial charge in [-0.3, -0.25) is 4.79 Å². The van der Waals surface area contributed by atoms with Crippen LogP contribution in [0.2, 0.25) is 0 Å². The van der Waals surface area contributed by atoms with Crippen molar-refractivity contribution in [3.63, 3.8) is 0 Å². The van der Waals surface area contributed by atoms with Gasteiger partial charge < -0.3 is 15.1 Å². The fourth-order valence-corrected chi connectivity index (χ4v) is 2.70. The van der Waals surface area contributed by atoms with Gasteiger partial charge in [-0.25, -0.2) is 4.98 Å². The Labute approximate surface area is 151 Å². The molecule has 2 rings (SSSR count). The quantitative estimate of drug-likeness (QED) is 0.874. The lowest BCUT2D eigenvalue weighted by molar-refractivity contribution is 0.0708. The van der Waals surface area contributed by atoms with Crippen LogP contribution >= 0.6 is 24.8 Å². The monoisotopic (exact) mass is 362 g/mol. The molecule has 1 fully saturated rings. The first-order valence-electron chi connectivity index (χ1n) is 7.89. The van der Waals surface area contributed by atoms with Crippen LogP contribution in [0.3, 0.4) is 0 Å². The molecule has 1 aliphatic rings. The largest absolute Gasteiger partial charge is 0.357 e. The third-order valence-corrected chi connectivity index (χ3v) is 3.85. The van der Waals surface area contributed by atoms with Gasteiger partial charge >= 0.3 is 0 Å². The van der Waals surface area contributed by atoms with E-state index in [1.54, 1.807) is 6.20 Å². The molecule has 0 aromatic carbocycles. The summed E-state index contributed by atoms with van der Waals surface area (Å²) in [4.78, 5) is 21.1. The maximum absolute atomic E-state index is 12.5. The fraction of sp³-hybridized carbons (Fsp3) is 0.625. The molecule has 0 spiro atoms. The number of carbonyl (C=O) groups is 1. The third-order valence-electron chi connectivity index (χ3n) is 3.85. The molecule has 1 aromatic heterocycles. The smallest absolute Gasteiger partial charge is 0.255 e. The second kappa shape index (κ2) is 10.7. The van der Waals surface area contributed by atoms with Crippen molar-refractivity contribution < 1.29 is 4.79 Å². The van der Waals surface area contributed by atoms with E-state index in [-0.39, 0.29) is 30.7 Å². The Morgan fingerprint density at radius 1 is 1.39 bits per heavy atom. The second-order valence-corrected chi connectivity index (χ2v) is 5.59. The number of piperazine rings is 1. The van der Waals surface area contributed by atoms with Crippen molar-refractivity contribution in [2.24, 2.45) is 0 Å². The maximum Gasteiger partial charge on any atom is 0.255 e. The van der Waals surface area contributed by atoms with E-state index in [2.05, 4.69) is 36.0 Å². The summed E-state index contributed by atoms with van der Waals surface area (Å²) < 4.78 is 0. The topological polar surface area (TPSA) is 48.5 Å². The normalized spacial score (nSPS) is 17.0. The van der Waals surface area contributed by atoms with Crippen LogP contribution in [0.1, 0.15) is 37.6 Å². The summed E-state index contributed by atoms with van der Waals surface area (Å²) in [5, 5.41) is 3.35. The molecule has 1 atom stereocenters. The minimum Gasteiger partial charge on any atom is -0.357 e. The van der Waals surface area contributed by atoms with Crippen LogP contribution in [0, 0.1) is 0 Å². The van der Waals surface area contributed by atoms with Crippen LogP contribution in [0.25, 0.3) is 0 Å². The molecule has 2 heterocycles. The number of rotatable bonds is 5. The van der Waals surface area contributed by atoms with E-state index >= 15 is 0 Å². The van der Waals surface area contributed by atoms with Crippen molar-refractivity contribution in [3.05, 3.63) is 23.9 Å². The van der Waals surface area contributed by atoms with Gasteiger partial charge in [-0.15, -0.1) is 24.8 Å². The standard InChI is InChI=1S/C16H26N4O.2ClH/c1-4-9-19(5-2)15-7-6-14(11-18-15)16(21)20-10-8-17-13(3)12-20;;/h6-7,11,13,17H,4-5,8-10,12H2,1-3H3;2*1H. The number of nitrogens with zero attached hydrogens (tertiary/aromatic N) is 3. The van der Waals surface area contributed by atoms with Crippen LogP contribution in [-0.2, 0) is 0 Å². The lowest BCUT2D eigenvalue weighted by Gasteiger charge is -2.32. The zero-order valence-electron chi connectivity index (χ0n) is 14.1. The molecule has 1 amide bonds. The predicted octanol–water partition coefficient (Wildman–Crippen LogP) is 2.60. The Bertz CT molecular complexity index is 470. The molecule has 1 N–H and O–H groups in total. The molecule has 132 valence electrons. The number of anilines is 1. The van der Waals surface area contributed by atoms with Gasteiger partial charge in [-0.05, 0) is 32.4 Å². The van der Waals surface area contributed by atoms with E-state index in [1.165, 1.54) is 0 Å². The highest BCUT2D eigenvalue weighted by Gasteiger charge is 2.21. The summed E-state index contributed by atoms with van der Waals surface area (Å²) in [5.41, 5.74) is 0.681. The number of carbonyl (C=O) groups excluding carboxylic acids is 1. The van der Waals surface area contributed by atoms with Gasteiger partial charge in [0.15, 0.2) is 0 Å². The van der Waals surface area contributed by atoms with E-state index in [0.717, 1.165) is 45.0 Å². The Morgan fingerprint density at radius 2 is 2.13 bits per heavy atom. The Balaban J connectivity index is 0.00000242. The molecule has 23 heavy (non-hydrogen) atoms. The van der Waals surface area contributed by atoms with Gasteiger partial charge in [-0.1, -0.05) is 6.92 Å². The molecule has 1 saturated heterocycles. The zero-order chi connectivity index (χ0) is 15.2. The summed E-state index contributed by atoms with van der Waals surface area (Å²) in [6.45, 7) is 10.7. The first kappa shape index (κ1) is 22.0. The van der Waals surface area contributed by atoms with E-state index in [4.69, 9.17) is 0 Å². The summed E-state index contributed by atoms with van der Waals surface area (Å²) in [6, 6.07) is 4.21. The average Bonchev–Trinajstić information content (AvgIpc) is 2.52. The first-order chi connectivity index (χ1) is 10.2. The highest BCUT2D eigenvalue weighted by atomic mass is 35.5. The minimum absolute atomic E-state index is 0. The van der Waals surface area contributed by atoms with Crippen molar-refractivity contribution in [1.82, 2.24) is 15.2 Å². The molecular weight excluding hydrogens is 335 g/mol. The molecule has 1 unspecified atom stereocenters. The summed E-state index contributed by atoms with van der Waals surface area (Å²) in [5.74, 6) is 1.03. The SMILES string of the molecule is CCCN(CC)c1ccc(C(=O)N2CCNC(C)C2)cn1.Cl.Cl. The highest BCUT2D eigenvalue weighted by molar-refractivity contribution is 5.94. The predicted molar refractivity (Wildman–Crippen MR) is 100 cm³/mol. The van der Waals surface area contributed by atoms with Crippen molar-refractivity contribution in [3.8, 4) is 0 Å². The van der Waals surface area contributed by atoms with Crippen LogP contribution in [0.5, 0.6) is 0 Å². The first-order valence-corrected chi connectivity index (χ1v) is 7.89. The molecular formula is C16H28Cl2N4O. The van der Waals surface area contributed by atoms with Gasteiger partial charge in [0.2, 0.25) is 0 Å². The fourth-order valence-electron chi connectivity index (χ4n) is 2.70. The minimum atomic E-state index is 0. The number of amides is 1. The Morgan fingerprint density at radius 3 is 2.65 bits per heavy atom. The lowest BCUT2D eigenvalue weighted by atomic mass is 10.2. The highest BCUT2D eigenvalue weighted by Crippen LogP contribution is 2.13. The van der Waals surface area contributed by atoms with Gasteiger partial charge in [0.1, 0.15) is 5.82 Å². The Kier molecular flexibility index (Phi) is 10.2. The van der Waals surface area contributed by atoms with E-state index in [0.29, 0.717) is 11.6 Å². The number of hydrogen-bond acceptors (Lipinski definition) is 4. The number of aromatic nitrogens is 1. The molecule has 7 heteroatoms. The van der Waals surface area contributed by atoms with Gasteiger partial charge in [-0.2, -0.15) is 0 Å². The molecule has 5 nitrogen and oxygen atoms in total. The third kappa shape index (κ3) is 5.83. The van der Waals surface area contributed by atoms with Crippen LogP contribution < -0.4 is 10.2 Å². The molecule has 0 saturated carbocycles. The number of nitrogens with one attached hydrogen (secondary N) is 1. The van der Waals surface area contributed by atoms with Gasteiger partial charge in [0.05, 0.1) is 5.56 Å². The lowest BCUT2D eigenvalue weighted by Crippen LogP contribution is -2.51. The summed E-state index contributed by atoms with van der Waals surface area (Å²) >= 11 is 0. The van der Waals surface area contributed by atoms with Crippen LogP contribution in [-0.4, -0.2) is 54.6 Å². The Hall–Kier alpha value is -1.04. The van der Waals surface area contributed by atoms with Gasteiger partial charge in [0, 0.05) is 45.0 Å². The van der Waals surface area contributed by atoms with Gasteiger partial charge in [0.25, 0.3) is 5.91 Å². The van der Waals surface area contributed by atoms with Crippen molar-refractivity contribution in [1.29, 1.82) is 0 Å². The number of pyridine rings is 1. The number of hydrogen-bond donors (Lipinski definition) is 1. The van der Waals surface area contributed by atoms with Crippen molar-refractivity contribution in [2.75, 3.05) is 37.6 Å². The van der Waals surface area contributed by atoms with E-state index < -0.39 is 0 Å². The molecule has 0 bridgehead atoms. The van der Waals surface area contributed by atoms with Crippen molar-refractivity contribution >= 4 is 36.5 Å². The molecule has 1 aromatic rings. The van der Waals surface area contributed by atoms with E-state index in [1.807, 2.05) is 17.0 Å². The van der Waals surface area contributed by atoms with Crippen LogP contribution in [0.15, 0.2) is 18.3 Å². The summed E-state index contributed by atoms with van der Waals surface area (Å²) in [7, 11) is 0. The maximum atomic E-state index is 12.5. The van der Waals surface area contributed by atoms with Crippen LogP contribution in [0.4, 0.5) is 5.82 Å². The second-order valence-electron chi connectivity index (χ2n) is 5.59. The van der Waals surface area contributed by atoms with Crippen molar-refractivity contribution in [2.45, 2.75) is 33.2 Å². The molecule has 0 aliphatic carbocycles. The number of halogens is 2.